The number of carbonyl (C=O) groups excluding carboxylic acids is 2. The van der Waals surface area contributed by atoms with Crippen molar-refractivity contribution in [1.82, 2.24) is 15.1 Å². The van der Waals surface area contributed by atoms with E-state index in [-0.39, 0.29) is 17.7 Å². The zero-order valence-electron chi connectivity index (χ0n) is 31.2. The number of nitrogens with one attached hydrogen (secondary N) is 1. The fraction of sp³-hybridized carbons (Fsp3) is 0.391. The lowest BCUT2D eigenvalue weighted by atomic mass is 9.69. The van der Waals surface area contributed by atoms with Crippen LogP contribution in [0.25, 0.3) is 0 Å². The van der Waals surface area contributed by atoms with Crippen molar-refractivity contribution in [3.05, 3.63) is 137 Å². The van der Waals surface area contributed by atoms with Gasteiger partial charge in [-0.1, -0.05) is 68.0 Å². The number of amides is 2. The van der Waals surface area contributed by atoms with E-state index in [2.05, 4.69) is 94.5 Å². The highest BCUT2D eigenvalue weighted by atomic mass is 16.5. The molecule has 0 saturated carbocycles. The van der Waals surface area contributed by atoms with Gasteiger partial charge in [-0.25, -0.2) is 0 Å². The molecular formula is C46H52N4O4. The van der Waals surface area contributed by atoms with Gasteiger partial charge in [-0.3, -0.25) is 14.5 Å². The largest absolute Gasteiger partial charge is 0.508 e. The first kappa shape index (κ1) is 35.9. The Bertz CT molecular complexity index is 1970. The molecule has 8 heteroatoms. The molecule has 4 aromatic rings. The molecule has 4 aromatic carbocycles. The molecular weight excluding hydrogens is 673 g/mol. The number of aryl methyl sites for hydroxylation is 1. The van der Waals surface area contributed by atoms with Crippen molar-refractivity contribution in [2.75, 3.05) is 44.2 Å². The summed E-state index contributed by atoms with van der Waals surface area (Å²) in [6, 6.07) is 31.2. The van der Waals surface area contributed by atoms with E-state index in [9.17, 15) is 14.7 Å². The van der Waals surface area contributed by atoms with Crippen LogP contribution in [0.2, 0.25) is 0 Å². The van der Waals surface area contributed by atoms with Gasteiger partial charge in [-0.15, -0.1) is 0 Å². The zero-order chi connectivity index (χ0) is 37.0. The standard InChI is InChI=1S/C46H52N4O4/c1-32-11-22-43(45(52)47-32)50-31-36-29-37(15-20-42(36)46(50)53)49-26-24-48(25-27-49)23-7-2-3-8-28-54-39-17-12-34(13-18-39)44-40(33-9-5-4-6-10-33)19-14-35-30-38(51)16-21-41(35)44/h4-6,9-10,12-13,15-18,20-21,29-30,40,43-44,51H,1-3,7-8,11,14,19,22-28,31H2,(H,47,52)/t40-,43?,44+/m1/s1. The van der Waals surface area contributed by atoms with Gasteiger partial charge in [0.2, 0.25) is 5.91 Å². The second kappa shape index (κ2) is 16.1. The monoisotopic (exact) mass is 724 g/mol. The van der Waals surface area contributed by atoms with E-state index < -0.39 is 6.04 Å². The van der Waals surface area contributed by atoms with E-state index in [0.29, 0.717) is 31.1 Å². The number of hydrogen-bond donors (Lipinski definition) is 2. The Kier molecular flexibility index (Phi) is 10.7. The number of aromatic hydroxyl groups is 1. The summed E-state index contributed by atoms with van der Waals surface area (Å²) in [4.78, 5) is 32.4. The number of carbonyl (C=O) groups is 2. The SMILES string of the molecule is C=C1CCC(N2Cc3cc(N4CCN(CCCCCCOc5ccc([C@@H]6c7ccc(O)cc7CC[C@@H]6c6ccccc6)cc5)CC4)ccc3C2=O)C(=O)N1. The van der Waals surface area contributed by atoms with Crippen LogP contribution >= 0.6 is 0 Å². The molecule has 1 unspecified atom stereocenters. The van der Waals surface area contributed by atoms with Gasteiger partial charge in [0.15, 0.2) is 0 Å². The number of phenols is 1. The van der Waals surface area contributed by atoms with Gasteiger partial charge < -0.3 is 25.0 Å². The van der Waals surface area contributed by atoms with Gasteiger partial charge in [-0.2, -0.15) is 0 Å². The first-order valence-electron chi connectivity index (χ1n) is 19.9. The number of hydrogen-bond acceptors (Lipinski definition) is 6. The number of rotatable bonds is 12. The number of piperazine rings is 1. The summed E-state index contributed by atoms with van der Waals surface area (Å²) in [7, 11) is 0. The maximum absolute atomic E-state index is 13.1. The van der Waals surface area contributed by atoms with Crippen LogP contribution in [0, 0.1) is 0 Å². The molecule has 3 atom stereocenters. The average molecular weight is 725 g/mol. The smallest absolute Gasteiger partial charge is 0.255 e. The summed E-state index contributed by atoms with van der Waals surface area (Å²) < 4.78 is 6.18. The predicted molar refractivity (Wildman–Crippen MR) is 213 cm³/mol. The van der Waals surface area contributed by atoms with Crippen LogP contribution in [0.4, 0.5) is 5.69 Å². The highest BCUT2D eigenvalue weighted by molar-refractivity contribution is 6.01. The lowest BCUT2D eigenvalue weighted by Crippen LogP contribution is -2.49. The van der Waals surface area contributed by atoms with Crippen molar-refractivity contribution in [3.63, 3.8) is 0 Å². The van der Waals surface area contributed by atoms with Gasteiger partial charge in [0.25, 0.3) is 5.91 Å². The number of unbranched alkanes of at least 4 members (excludes halogenated alkanes) is 3. The summed E-state index contributed by atoms with van der Waals surface area (Å²) in [5, 5.41) is 13.0. The van der Waals surface area contributed by atoms with Gasteiger partial charge in [0.05, 0.1) is 6.61 Å². The first-order chi connectivity index (χ1) is 26.4. The number of nitrogens with zero attached hydrogens (tertiary/aromatic N) is 3. The molecule has 0 aromatic heterocycles. The molecule has 54 heavy (non-hydrogen) atoms. The van der Waals surface area contributed by atoms with E-state index in [0.717, 1.165) is 93.3 Å². The number of fused-ring (bicyclic) bond motifs is 2. The molecule has 2 fully saturated rings. The highest BCUT2D eigenvalue weighted by Gasteiger charge is 2.38. The van der Waals surface area contributed by atoms with Crippen LogP contribution in [0.5, 0.6) is 11.5 Å². The molecule has 2 amide bonds. The Morgan fingerprint density at radius 1 is 0.778 bits per heavy atom. The normalized spacial score (nSPS) is 21.5. The molecule has 3 heterocycles. The molecule has 0 bridgehead atoms. The fourth-order valence-electron chi connectivity index (χ4n) is 9.10. The number of anilines is 1. The molecule has 2 saturated heterocycles. The number of allylic oxidation sites excluding steroid dienone is 1. The molecule has 3 aliphatic heterocycles. The van der Waals surface area contributed by atoms with Crippen LogP contribution in [0.3, 0.4) is 0 Å². The maximum atomic E-state index is 13.1. The molecule has 280 valence electrons. The van der Waals surface area contributed by atoms with Gasteiger partial charge >= 0.3 is 0 Å². The number of ether oxygens (including phenoxy) is 1. The van der Waals surface area contributed by atoms with Crippen molar-refractivity contribution in [1.29, 1.82) is 0 Å². The van der Waals surface area contributed by atoms with Crippen LogP contribution in [-0.4, -0.2) is 72.1 Å². The van der Waals surface area contributed by atoms with Crippen molar-refractivity contribution < 1.29 is 19.4 Å². The van der Waals surface area contributed by atoms with E-state index in [4.69, 9.17) is 4.74 Å². The lowest BCUT2D eigenvalue weighted by molar-refractivity contribution is -0.126. The minimum Gasteiger partial charge on any atom is -0.508 e. The third kappa shape index (κ3) is 7.76. The molecule has 0 spiro atoms. The lowest BCUT2D eigenvalue weighted by Gasteiger charge is -2.36. The summed E-state index contributed by atoms with van der Waals surface area (Å²) >= 11 is 0. The van der Waals surface area contributed by atoms with E-state index in [1.54, 1.807) is 4.90 Å². The Hall–Kier alpha value is -5.08. The van der Waals surface area contributed by atoms with Crippen LogP contribution in [-0.2, 0) is 17.8 Å². The van der Waals surface area contributed by atoms with Crippen LogP contribution in [0.1, 0.15) is 95.0 Å². The maximum Gasteiger partial charge on any atom is 0.255 e. The van der Waals surface area contributed by atoms with E-state index >= 15 is 0 Å². The van der Waals surface area contributed by atoms with Crippen molar-refractivity contribution in [2.24, 2.45) is 0 Å². The highest BCUT2D eigenvalue weighted by Crippen LogP contribution is 2.47. The van der Waals surface area contributed by atoms with Crippen molar-refractivity contribution >= 4 is 17.5 Å². The third-order valence-corrected chi connectivity index (χ3v) is 12.0. The summed E-state index contributed by atoms with van der Waals surface area (Å²) in [6.07, 6.45) is 7.95. The average Bonchev–Trinajstić information content (AvgIpc) is 3.52. The Morgan fingerprint density at radius 3 is 2.37 bits per heavy atom. The van der Waals surface area contributed by atoms with E-state index in [1.165, 1.54) is 35.1 Å². The van der Waals surface area contributed by atoms with Crippen molar-refractivity contribution in [3.8, 4) is 11.5 Å². The van der Waals surface area contributed by atoms with Gasteiger partial charge in [0.1, 0.15) is 17.5 Å². The predicted octanol–water partition coefficient (Wildman–Crippen LogP) is 7.76. The first-order valence-corrected chi connectivity index (χ1v) is 19.9. The molecule has 8 rings (SSSR count). The number of phenolic OH excluding ortho intramolecular Hbond substituents is 1. The molecule has 2 N–H and O–H groups in total. The number of piperidine rings is 1. The Morgan fingerprint density at radius 2 is 1.57 bits per heavy atom. The minimum atomic E-state index is -0.425. The van der Waals surface area contributed by atoms with Gasteiger partial charge in [0, 0.05) is 55.6 Å². The second-order valence-corrected chi connectivity index (χ2v) is 15.5. The third-order valence-electron chi connectivity index (χ3n) is 12.0. The number of benzene rings is 4. The minimum absolute atomic E-state index is 0.0445. The van der Waals surface area contributed by atoms with Gasteiger partial charge in [-0.05, 0) is 121 Å². The summed E-state index contributed by atoms with van der Waals surface area (Å²) in [5.41, 5.74) is 8.85. The Balaban J connectivity index is 0.752. The van der Waals surface area contributed by atoms with Crippen molar-refractivity contribution in [2.45, 2.75) is 75.8 Å². The fourth-order valence-corrected chi connectivity index (χ4v) is 9.10. The summed E-state index contributed by atoms with van der Waals surface area (Å²) in [6.45, 7) is 10.2. The molecule has 4 aliphatic rings. The van der Waals surface area contributed by atoms with E-state index in [1.807, 2.05) is 18.2 Å². The molecule has 0 radical (unpaired) electrons. The van der Waals surface area contributed by atoms with Crippen LogP contribution < -0.4 is 15.0 Å². The Labute approximate surface area is 319 Å². The quantitative estimate of drug-likeness (QED) is 0.145. The topological polar surface area (TPSA) is 85.4 Å². The molecule has 1 aliphatic carbocycles. The summed E-state index contributed by atoms with van der Waals surface area (Å²) in [5.74, 6) is 1.73. The zero-order valence-corrected chi connectivity index (χ0v) is 31.2. The second-order valence-electron chi connectivity index (χ2n) is 15.5. The molecule has 8 nitrogen and oxygen atoms in total. The van der Waals surface area contributed by atoms with Crippen LogP contribution in [0.15, 0.2) is 103 Å².